The molecule has 4 N–H and O–H groups in total. The molecule has 0 radical (unpaired) electrons. The van der Waals surface area contributed by atoms with E-state index in [0.717, 1.165) is 81.2 Å². The van der Waals surface area contributed by atoms with Gasteiger partial charge in [-0.15, -0.1) is 0 Å². The maximum atomic E-state index is 14.3. The summed E-state index contributed by atoms with van der Waals surface area (Å²) < 4.78 is 22.2. The molecule has 16 nitrogen and oxygen atoms in total. The molecule has 2 aromatic heterocycles. The van der Waals surface area contributed by atoms with Crippen LogP contribution in [-0.2, 0) is 30.4 Å². The lowest BCUT2D eigenvalue weighted by atomic mass is 9.85. The Morgan fingerprint density at radius 1 is 0.844 bits per heavy atom. The summed E-state index contributed by atoms with van der Waals surface area (Å²) in [6, 6.07) is 12.7. The third-order valence-corrected chi connectivity index (χ3v) is 13.7. The number of aromatic amines is 2. The van der Waals surface area contributed by atoms with Crippen LogP contribution >= 0.6 is 0 Å². The molecule has 0 aliphatic carbocycles. The molecule has 3 saturated heterocycles. The van der Waals surface area contributed by atoms with Crippen molar-refractivity contribution < 1.29 is 38.1 Å². The summed E-state index contributed by atoms with van der Waals surface area (Å²) in [7, 11) is 2.61. The number of rotatable bonds is 9. The third-order valence-electron chi connectivity index (χ3n) is 13.7. The van der Waals surface area contributed by atoms with E-state index in [1.165, 1.54) is 14.2 Å². The molecule has 3 fully saturated rings. The number of methoxy groups -OCH3 is 2. The summed E-state index contributed by atoms with van der Waals surface area (Å²) in [5, 5.41) is 7.56. The van der Waals surface area contributed by atoms with Gasteiger partial charge < -0.3 is 49.3 Å². The minimum Gasteiger partial charge on any atom is -0.488 e. The summed E-state index contributed by atoms with van der Waals surface area (Å²) in [4.78, 5) is 73.6. The molecule has 64 heavy (non-hydrogen) atoms. The predicted octanol–water partition coefficient (Wildman–Crippen LogP) is 7.69. The van der Waals surface area contributed by atoms with Crippen molar-refractivity contribution in [3.05, 3.63) is 65.9 Å². The predicted molar refractivity (Wildman–Crippen MR) is 239 cm³/mol. The maximum Gasteiger partial charge on any atom is 0.407 e. The zero-order valence-electron chi connectivity index (χ0n) is 37.5. The molecular weight excluding hydrogens is 817 g/mol. The molecule has 16 heteroatoms. The lowest BCUT2D eigenvalue weighted by molar-refractivity contribution is -0.139. The first kappa shape index (κ1) is 43.1. The van der Waals surface area contributed by atoms with Gasteiger partial charge in [-0.2, -0.15) is 0 Å². The van der Waals surface area contributed by atoms with E-state index < -0.39 is 24.3 Å². The molecule has 7 unspecified atom stereocenters. The van der Waals surface area contributed by atoms with Crippen molar-refractivity contribution in [1.29, 1.82) is 0 Å². The van der Waals surface area contributed by atoms with E-state index >= 15 is 0 Å². The summed E-state index contributed by atoms with van der Waals surface area (Å²) in [5.41, 5.74) is 6.58. The van der Waals surface area contributed by atoms with Gasteiger partial charge in [-0.25, -0.2) is 19.6 Å². The maximum absolute atomic E-state index is 14.3. The monoisotopic (exact) mass is 874 g/mol. The lowest BCUT2D eigenvalue weighted by Gasteiger charge is -2.38. The van der Waals surface area contributed by atoms with Crippen LogP contribution in [0.25, 0.3) is 44.2 Å². The van der Waals surface area contributed by atoms with Crippen molar-refractivity contribution in [3.8, 4) is 28.1 Å². The van der Waals surface area contributed by atoms with Gasteiger partial charge in [0.15, 0.2) is 0 Å². The highest BCUT2D eigenvalue weighted by atomic mass is 16.5. The van der Waals surface area contributed by atoms with Crippen LogP contribution in [0.4, 0.5) is 9.59 Å². The van der Waals surface area contributed by atoms with Crippen molar-refractivity contribution in [1.82, 2.24) is 40.4 Å². The Morgan fingerprint density at radius 2 is 1.61 bits per heavy atom. The Balaban J connectivity index is 0.950. The van der Waals surface area contributed by atoms with Gasteiger partial charge in [-0.1, -0.05) is 32.0 Å². The van der Waals surface area contributed by atoms with Crippen molar-refractivity contribution in [2.24, 2.45) is 11.8 Å². The largest absolute Gasteiger partial charge is 0.488 e. The van der Waals surface area contributed by atoms with E-state index in [1.807, 2.05) is 56.7 Å². The molecule has 9 rings (SSSR count). The van der Waals surface area contributed by atoms with Crippen molar-refractivity contribution in [2.45, 2.75) is 122 Å². The lowest BCUT2D eigenvalue weighted by Crippen LogP contribution is -2.54. The average Bonchev–Trinajstić information content (AvgIpc) is 4.12. The van der Waals surface area contributed by atoms with Gasteiger partial charge in [0.1, 0.15) is 36.1 Å². The molecule has 7 atom stereocenters. The van der Waals surface area contributed by atoms with Crippen LogP contribution in [0.2, 0.25) is 0 Å². The first-order chi connectivity index (χ1) is 30.8. The fraction of sp³-hybridized carbons (Fsp3) is 0.500. The number of alkyl carbamates (subject to hydrolysis) is 2. The molecule has 5 aromatic rings. The molecular formula is C48H58N8O8. The fourth-order valence-electron chi connectivity index (χ4n) is 10.6. The molecule has 4 amide bonds. The van der Waals surface area contributed by atoms with Crippen LogP contribution in [0.3, 0.4) is 0 Å². The van der Waals surface area contributed by atoms with Crippen molar-refractivity contribution in [3.63, 3.8) is 0 Å². The second kappa shape index (κ2) is 17.4. The van der Waals surface area contributed by atoms with E-state index in [2.05, 4.69) is 57.0 Å². The van der Waals surface area contributed by atoms with Crippen LogP contribution < -0.4 is 15.4 Å². The third kappa shape index (κ3) is 8.01. The number of aromatic nitrogens is 4. The number of imidazole rings is 2. The first-order valence-electron chi connectivity index (χ1n) is 22.6. The second-order valence-electron chi connectivity index (χ2n) is 18.3. The number of benzene rings is 3. The molecule has 0 spiro atoms. The molecule has 0 saturated carbocycles. The van der Waals surface area contributed by atoms with Gasteiger partial charge >= 0.3 is 12.2 Å². The van der Waals surface area contributed by atoms with Crippen LogP contribution in [0.1, 0.15) is 102 Å². The fourth-order valence-corrected chi connectivity index (χ4v) is 10.6. The minimum atomic E-state index is -0.731. The molecule has 0 bridgehead atoms. The van der Waals surface area contributed by atoms with E-state index in [0.29, 0.717) is 37.6 Å². The number of carbonyl (C=O) groups is 4. The first-order valence-corrected chi connectivity index (χ1v) is 22.6. The number of nitrogens with zero attached hydrogens (tertiary/aromatic N) is 4. The molecule has 4 aliphatic rings. The Morgan fingerprint density at radius 3 is 2.36 bits per heavy atom. The Kier molecular flexibility index (Phi) is 11.7. The van der Waals surface area contributed by atoms with Crippen molar-refractivity contribution >= 4 is 45.8 Å². The SMILES string of the molecule is COC(=O)NC(C(=O)N1C(C)CCC1c1nc2c(ccc3cc4c(cc32)OCc2cc(-c3cnc(C5CCCN5C(=O)C(NC(=O)OC)C5CC(C)OC(C)C5)[nH]3)ccc2-4)[nH]1)C(C)C. The van der Waals surface area contributed by atoms with Gasteiger partial charge in [0.05, 0.1) is 61.4 Å². The number of fused-ring (bicyclic) bond motifs is 6. The van der Waals surface area contributed by atoms with Gasteiger partial charge in [0, 0.05) is 23.5 Å². The number of hydrogen-bond donors (Lipinski definition) is 4. The summed E-state index contributed by atoms with van der Waals surface area (Å²) >= 11 is 0. The Bertz CT molecular complexity index is 2590. The molecule has 3 aromatic carbocycles. The van der Waals surface area contributed by atoms with Crippen molar-refractivity contribution in [2.75, 3.05) is 20.8 Å². The number of amides is 4. The highest BCUT2D eigenvalue weighted by molar-refractivity contribution is 6.07. The highest BCUT2D eigenvalue weighted by Gasteiger charge is 2.43. The number of nitrogens with one attached hydrogen (secondary N) is 4. The highest BCUT2D eigenvalue weighted by Crippen LogP contribution is 2.44. The quantitative estimate of drug-likeness (QED) is 0.114. The van der Waals surface area contributed by atoms with E-state index in [9.17, 15) is 19.2 Å². The summed E-state index contributed by atoms with van der Waals surface area (Å²) in [6.45, 7) is 10.8. The smallest absolute Gasteiger partial charge is 0.407 e. The summed E-state index contributed by atoms with van der Waals surface area (Å²) in [5.74, 6) is 1.69. The zero-order chi connectivity index (χ0) is 45.0. The zero-order valence-corrected chi connectivity index (χ0v) is 37.5. The van der Waals surface area contributed by atoms with Crippen LogP contribution in [0, 0.1) is 11.8 Å². The molecule has 6 heterocycles. The normalized spacial score (nSPS) is 23.9. The number of ether oxygens (including phenoxy) is 4. The van der Waals surface area contributed by atoms with E-state index in [4.69, 9.17) is 28.9 Å². The number of carbonyl (C=O) groups excluding carboxylic acids is 4. The average molecular weight is 875 g/mol. The van der Waals surface area contributed by atoms with E-state index in [-0.39, 0.29) is 54.0 Å². The summed E-state index contributed by atoms with van der Waals surface area (Å²) in [6.07, 6.45) is 4.98. The van der Waals surface area contributed by atoms with Crippen LogP contribution in [0.5, 0.6) is 5.75 Å². The number of H-pyrrole nitrogens is 2. The van der Waals surface area contributed by atoms with Gasteiger partial charge in [0.25, 0.3) is 0 Å². The second-order valence-corrected chi connectivity index (χ2v) is 18.3. The Labute approximate surface area is 372 Å². The van der Waals surface area contributed by atoms with Crippen LogP contribution in [-0.4, -0.2) is 105 Å². The topological polar surface area (TPSA) is 193 Å². The number of hydrogen-bond acceptors (Lipinski definition) is 10. The van der Waals surface area contributed by atoms with Gasteiger partial charge in [0.2, 0.25) is 11.8 Å². The Hall–Kier alpha value is -6.16. The molecule has 338 valence electrons. The molecule has 4 aliphatic heterocycles. The van der Waals surface area contributed by atoms with E-state index in [1.54, 1.807) is 0 Å². The standard InChI is InChI=1S/C48H58N8O8/c1-24(2)40(53-47(59)61-6)46(58)56-25(3)10-15-38(56)44-50-35-14-12-28-20-34-32-13-11-29(19-31(32)23-63-39(34)21-33(28)42(35)52-44)36-22-49-43(51-36)37-9-8-16-55(37)45(57)41(54-48(60)62-7)30-17-26(4)64-27(5)18-30/h11-14,19-22,24-27,30,37-38,40-41H,8-10,15-18,23H2,1-7H3,(H,49,51)(H,50,52)(H,53,59)(H,54,60). The van der Waals surface area contributed by atoms with Crippen LogP contribution in [0.15, 0.2) is 48.7 Å². The number of likely N-dealkylation sites (tertiary alicyclic amines) is 2. The minimum absolute atomic E-state index is 0.0236. The van der Waals surface area contributed by atoms with Gasteiger partial charge in [-0.05, 0) is 117 Å². The van der Waals surface area contributed by atoms with Gasteiger partial charge in [-0.3, -0.25) is 9.59 Å².